The number of phenolic OH excluding ortho intramolecular Hbond substituents is 1. The van der Waals surface area contributed by atoms with E-state index in [0.29, 0.717) is 22.5 Å². The Morgan fingerprint density at radius 3 is 2.22 bits per heavy atom. The van der Waals surface area contributed by atoms with Gasteiger partial charge in [-0.25, -0.2) is 4.39 Å². The minimum absolute atomic E-state index is 0.179. The lowest BCUT2D eigenvalue weighted by Gasteiger charge is -2.10. The van der Waals surface area contributed by atoms with Gasteiger partial charge in [0.05, 0.1) is 17.0 Å². The molecular formula is C19H13FN2O. The average Bonchev–Trinajstić information content (AvgIpc) is 2.55. The molecule has 1 heterocycles. The summed E-state index contributed by atoms with van der Waals surface area (Å²) in [5, 5.41) is 18.8. The molecule has 112 valence electrons. The van der Waals surface area contributed by atoms with Crippen LogP contribution in [0.1, 0.15) is 11.3 Å². The van der Waals surface area contributed by atoms with Crippen LogP contribution in [0.2, 0.25) is 0 Å². The van der Waals surface area contributed by atoms with Gasteiger partial charge < -0.3 is 5.11 Å². The number of aromatic hydroxyl groups is 1. The van der Waals surface area contributed by atoms with Gasteiger partial charge in [-0.15, -0.1) is 0 Å². The molecule has 23 heavy (non-hydrogen) atoms. The van der Waals surface area contributed by atoms with Crippen molar-refractivity contribution in [2.45, 2.75) is 6.92 Å². The minimum atomic E-state index is -0.322. The Balaban J connectivity index is 2.20. The molecule has 0 aliphatic carbocycles. The topological polar surface area (TPSA) is 56.9 Å². The van der Waals surface area contributed by atoms with Crippen LogP contribution in [-0.2, 0) is 0 Å². The van der Waals surface area contributed by atoms with Crippen LogP contribution in [-0.4, -0.2) is 10.1 Å². The van der Waals surface area contributed by atoms with E-state index in [1.54, 1.807) is 43.3 Å². The maximum atomic E-state index is 13.1. The highest BCUT2D eigenvalue weighted by molar-refractivity contribution is 5.76. The van der Waals surface area contributed by atoms with Crippen molar-refractivity contribution in [2.75, 3.05) is 0 Å². The molecule has 0 aliphatic heterocycles. The van der Waals surface area contributed by atoms with E-state index in [0.717, 1.165) is 11.1 Å². The van der Waals surface area contributed by atoms with Gasteiger partial charge >= 0.3 is 0 Å². The zero-order chi connectivity index (χ0) is 16.4. The fourth-order valence-corrected chi connectivity index (χ4v) is 2.45. The molecule has 0 atom stereocenters. The molecule has 0 saturated heterocycles. The van der Waals surface area contributed by atoms with Crippen molar-refractivity contribution in [1.29, 1.82) is 5.26 Å². The molecule has 0 amide bonds. The average molecular weight is 304 g/mol. The van der Waals surface area contributed by atoms with Crippen molar-refractivity contribution in [3.05, 3.63) is 71.7 Å². The largest absolute Gasteiger partial charge is 0.508 e. The number of nitrogens with zero attached hydrogens (tertiary/aromatic N) is 2. The molecule has 4 heteroatoms. The van der Waals surface area contributed by atoms with Crippen LogP contribution in [0.4, 0.5) is 4.39 Å². The Morgan fingerprint density at radius 2 is 1.61 bits per heavy atom. The predicted molar refractivity (Wildman–Crippen MR) is 86.2 cm³/mol. The van der Waals surface area contributed by atoms with Gasteiger partial charge in [0.1, 0.15) is 17.6 Å². The molecule has 1 N–H and O–H groups in total. The number of aryl methyl sites for hydroxylation is 1. The summed E-state index contributed by atoms with van der Waals surface area (Å²) in [5.74, 6) is -0.144. The molecule has 1 aromatic heterocycles. The van der Waals surface area contributed by atoms with Crippen molar-refractivity contribution in [3.63, 3.8) is 0 Å². The quantitative estimate of drug-likeness (QED) is 0.761. The lowest BCUT2D eigenvalue weighted by atomic mass is 9.97. The third-order valence-electron chi connectivity index (χ3n) is 3.63. The Labute approximate surface area is 133 Å². The van der Waals surface area contributed by atoms with Gasteiger partial charge in [-0.1, -0.05) is 12.1 Å². The SMILES string of the molecule is Cc1nc(-c2ccc(O)cc2)cc(-c2ccc(F)cc2)c1C#N. The Bertz CT molecular complexity index is 894. The van der Waals surface area contributed by atoms with Gasteiger partial charge in [-0.05, 0) is 55.0 Å². The van der Waals surface area contributed by atoms with Gasteiger partial charge in [0.25, 0.3) is 0 Å². The zero-order valence-corrected chi connectivity index (χ0v) is 12.4. The normalized spacial score (nSPS) is 10.3. The second-order valence-electron chi connectivity index (χ2n) is 5.18. The summed E-state index contributed by atoms with van der Waals surface area (Å²) < 4.78 is 13.1. The van der Waals surface area contributed by atoms with Crippen molar-refractivity contribution in [2.24, 2.45) is 0 Å². The first kappa shape index (κ1) is 14.7. The van der Waals surface area contributed by atoms with E-state index in [9.17, 15) is 14.8 Å². The first-order valence-corrected chi connectivity index (χ1v) is 7.05. The lowest BCUT2D eigenvalue weighted by molar-refractivity contribution is 0.475. The van der Waals surface area contributed by atoms with E-state index in [-0.39, 0.29) is 11.6 Å². The van der Waals surface area contributed by atoms with E-state index >= 15 is 0 Å². The van der Waals surface area contributed by atoms with Gasteiger partial charge in [0.15, 0.2) is 0 Å². The highest BCUT2D eigenvalue weighted by atomic mass is 19.1. The summed E-state index contributed by atoms with van der Waals surface area (Å²) >= 11 is 0. The molecule has 3 aromatic rings. The lowest BCUT2D eigenvalue weighted by Crippen LogP contribution is -1.96. The van der Waals surface area contributed by atoms with Crippen LogP contribution in [0.5, 0.6) is 5.75 Å². The number of pyridine rings is 1. The van der Waals surface area contributed by atoms with E-state index < -0.39 is 0 Å². The van der Waals surface area contributed by atoms with Crippen molar-refractivity contribution in [3.8, 4) is 34.2 Å². The predicted octanol–water partition coefficient (Wildman–Crippen LogP) is 4.44. The van der Waals surface area contributed by atoms with Crippen LogP contribution < -0.4 is 0 Å². The molecule has 0 saturated carbocycles. The molecule has 0 spiro atoms. The number of rotatable bonds is 2. The summed E-state index contributed by atoms with van der Waals surface area (Å²) in [6.45, 7) is 1.77. The third kappa shape index (κ3) is 2.90. The highest BCUT2D eigenvalue weighted by Gasteiger charge is 2.12. The Kier molecular flexibility index (Phi) is 3.78. The number of hydrogen-bond acceptors (Lipinski definition) is 3. The molecule has 0 unspecified atom stereocenters. The second-order valence-corrected chi connectivity index (χ2v) is 5.18. The van der Waals surface area contributed by atoms with Gasteiger partial charge in [0, 0.05) is 11.1 Å². The number of halogens is 1. The number of phenols is 1. The summed E-state index contributed by atoms with van der Waals surface area (Å²) in [6.07, 6.45) is 0. The summed E-state index contributed by atoms with van der Waals surface area (Å²) in [7, 11) is 0. The molecule has 2 aromatic carbocycles. The van der Waals surface area contributed by atoms with Crippen LogP contribution in [0.25, 0.3) is 22.4 Å². The fraction of sp³-hybridized carbons (Fsp3) is 0.0526. The number of aromatic nitrogens is 1. The monoisotopic (exact) mass is 304 g/mol. The van der Waals surface area contributed by atoms with Gasteiger partial charge in [0.2, 0.25) is 0 Å². The smallest absolute Gasteiger partial charge is 0.123 e. The molecular weight excluding hydrogens is 291 g/mol. The number of hydrogen-bond donors (Lipinski definition) is 1. The zero-order valence-electron chi connectivity index (χ0n) is 12.4. The summed E-state index contributed by atoms with van der Waals surface area (Å²) in [6, 6.07) is 16.7. The van der Waals surface area contributed by atoms with Crippen molar-refractivity contribution < 1.29 is 9.50 Å². The first-order valence-electron chi connectivity index (χ1n) is 7.05. The standard InChI is InChI=1S/C19H13FN2O/c1-12-18(11-21)17(13-2-6-15(20)7-3-13)10-19(22-12)14-4-8-16(23)9-5-14/h2-10,23H,1H3. The maximum absolute atomic E-state index is 13.1. The van der Waals surface area contributed by atoms with Crippen molar-refractivity contribution >= 4 is 0 Å². The van der Waals surface area contributed by atoms with Crippen LogP contribution in [0.15, 0.2) is 54.6 Å². The van der Waals surface area contributed by atoms with Crippen molar-refractivity contribution in [1.82, 2.24) is 4.98 Å². The minimum Gasteiger partial charge on any atom is -0.508 e. The summed E-state index contributed by atoms with van der Waals surface area (Å²) in [5.41, 5.74) is 4.08. The third-order valence-corrected chi connectivity index (χ3v) is 3.63. The van der Waals surface area contributed by atoms with E-state index in [1.165, 1.54) is 12.1 Å². The molecule has 0 radical (unpaired) electrons. The van der Waals surface area contributed by atoms with Crippen LogP contribution in [0.3, 0.4) is 0 Å². The molecule has 0 bridgehead atoms. The number of benzene rings is 2. The van der Waals surface area contributed by atoms with Crippen LogP contribution in [0, 0.1) is 24.1 Å². The Hall–Kier alpha value is -3.19. The molecule has 3 rings (SSSR count). The maximum Gasteiger partial charge on any atom is 0.123 e. The first-order chi connectivity index (χ1) is 11.1. The van der Waals surface area contributed by atoms with Crippen LogP contribution >= 0.6 is 0 Å². The summed E-state index contributed by atoms with van der Waals surface area (Å²) in [4.78, 5) is 4.47. The van der Waals surface area contributed by atoms with E-state index in [4.69, 9.17) is 0 Å². The molecule has 3 nitrogen and oxygen atoms in total. The molecule has 0 aliphatic rings. The van der Waals surface area contributed by atoms with Gasteiger partial charge in [-0.3, -0.25) is 4.98 Å². The molecule has 0 fully saturated rings. The Morgan fingerprint density at radius 1 is 1.00 bits per heavy atom. The van der Waals surface area contributed by atoms with Gasteiger partial charge in [-0.2, -0.15) is 5.26 Å². The highest BCUT2D eigenvalue weighted by Crippen LogP contribution is 2.30. The van der Waals surface area contributed by atoms with E-state index in [2.05, 4.69) is 11.1 Å². The van der Waals surface area contributed by atoms with E-state index in [1.807, 2.05) is 6.07 Å². The second kappa shape index (κ2) is 5.90. The number of nitriles is 1. The fourth-order valence-electron chi connectivity index (χ4n) is 2.45.